The first-order chi connectivity index (χ1) is 19.1. The number of carbonyl (C=O) groups is 1. The Hall–Kier alpha value is -3.69. The molecule has 2 aromatic heterocycles. The molecule has 9 heteroatoms. The minimum Gasteiger partial charge on any atom is -0.496 e. The molecule has 0 saturated carbocycles. The van der Waals surface area contributed by atoms with Gasteiger partial charge in [-0.2, -0.15) is 0 Å². The van der Waals surface area contributed by atoms with Crippen LogP contribution in [0, 0.1) is 20.8 Å². The SMILES string of the molecule is CCOC(=O)C1=C(C)N=c2s/c(=C/c3cc(C)n(-c4cccc(C)c4)c3C)c(=O)n2[C@@H]1c1ccc(OC)c(Br)c1. The van der Waals surface area contributed by atoms with Crippen LogP contribution in [0.2, 0.25) is 0 Å². The van der Waals surface area contributed by atoms with Gasteiger partial charge in [0.05, 0.1) is 40.0 Å². The fourth-order valence-electron chi connectivity index (χ4n) is 5.20. The monoisotopic (exact) mass is 619 g/mol. The Morgan fingerprint density at radius 2 is 1.90 bits per heavy atom. The molecule has 206 valence electrons. The highest BCUT2D eigenvalue weighted by Gasteiger charge is 2.33. The van der Waals surface area contributed by atoms with Crippen molar-refractivity contribution in [2.24, 2.45) is 4.99 Å². The number of aromatic nitrogens is 2. The molecule has 0 unspecified atom stereocenters. The van der Waals surface area contributed by atoms with E-state index in [4.69, 9.17) is 9.47 Å². The first kappa shape index (κ1) is 27.9. The number of hydrogen-bond acceptors (Lipinski definition) is 6. The number of rotatable bonds is 6. The first-order valence-corrected chi connectivity index (χ1v) is 14.5. The van der Waals surface area contributed by atoms with Gasteiger partial charge in [0.1, 0.15) is 5.75 Å². The number of benzene rings is 2. The van der Waals surface area contributed by atoms with Crippen LogP contribution in [-0.4, -0.2) is 28.8 Å². The lowest BCUT2D eigenvalue weighted by Crippen LogP contribution is -2.40. The van der Waals surface area contributed by atoms with Gasteiger partial charge in [-0.15, -0.1) is 0 Å². The van der Waals surface area contributed by atoms with Crippen LogP contribution in [0.3, 0.4) is 0 Å². The number of ether oxygens (including phenoxy) is 2. The van der Waals surface area contributed by atoms with Crippen LogP contribution in [-0.2, 0) is 9.53 Å². The van der Waals surface area contributed by atoms with Crippen LogP contribution in [0.25, 0.3) is 11.8 Å². The smallest absolute Gasteiger partial charge is 0.338 e. The van der Waals surface area contributed by atoms with E-state index in [0.29, 0.717) is 26.4 Å². The molecule has 1 atom stereocenters. The van der Waals surface area contributed by atoms with E-state index in [2.05, 4.69) is 70.5 Å². The van der Waals surface area contributed by atoms with Gasteiger partial charge in [0.2, 0.25) is 0 Å². The molecule has 40 heavy (non-hydrogen) atoms. The number of methoxy groups -OCH3 is 1. The number of thiazole rings is 1. The number of carbonyl (C=O) groups excluding carboxylic acids is 1. The third-order valence-electron chi connectivity index (χ3n) is 7.03. The Morgan fingerprint density at radius 3 is 2.58 bits per heavy atom. The Balaban J connectivity index is 1.70. The lowest BCUT2D eigenvalue weighted by atomic mass is 9.96. The molecule has 0 aliphatic carbocycles. The van der Waals surface area contributed by atoms with Crippen LogP contribution in [0.15, 0.2) is 74.1 Å². The molecular formula is C31H30BrN3O4S. The summed E-state index contributed by atoms with van der Waals surface area (Å²) in [6.45, 7) is 9.95. The number of nitrogens with zero attached hydrogens (tertiary/aromatic N) is 3. The highest BCUT2D eigenvalue weighted by molar-refractivity contribution is 9.10. The maximum atomic E-state index is 14.0. The van der Waals surface area contributed by atoms with E-state index in [1.54, 1.807) is 25.5 Å². The van der Waals surface area contributed by atoms with Crippen molar-refractivity contribution in [3.63, 3.8) is 0 Å². The van der Waals surface area contributed by atoms with Gasteiger partial charge in [-0.1, -0.05) is 29.5 Å². The molecule has 0 bridgehead atoms. The maximum absolute atomic E-state index is 14.0. The van der Waals surface area contributed by atoms with Gasteiger partial charge >= 0.3 is 5.97 Å². The van der Waals surface area contributed by atoms with Gasteiger partial charge in [0.15, 0.2) is 4.80 Å². The summed E-state index contributed by atoms with van der Waals surface area (Å²) < 4.78 is 15.9. The molecule has 0 spiro atoms. The largest absolute Gasteiger partial charge is 0.496 e. The van der Waals surface area contributed by atoms with E-state index in [-0.39, 0.29) is 12.2 Å². The van der Waals surface area contributed by atoms with Crippen molar-refractivity contribution in [2.45, 2.75) is 40.7 Å². The third-order valence-corrected chi connectivity index (χ3v) is 8.63. The van der Waals surface area contributed by atoms with E-state index in [1.807, 2.05) is 30.3 Å². The number of hydrogen-bond donors (Lipinski definition) is 0. The van der Waals surface area contributed by atoms with E-state index < -0.39 is 12.0 Å². The molecule has 3 heterocycles. The molecule has 1 aliphatic heterocycles. The third kappa shape index (κ3) is 4.88. The van der Waals surface area contributed by atoms with Gasteiger partial charge in [0.25, 0.3) is 5.56 Å². The average Bonchev–Trinajstić information content (AvgIpc) is 3.37. The normalized spacial score (nSPS) is 15.2. The summed E-state index contributed by atoms with van der Waals surface area (Å²) in [5, 5.41) is 0. The molecule has 7 nitrogen and oxygen atoms in total. The van der Waals surface area contributed by atoms with Crippen LogP contribution in [0.1, 0.15) is 48.0 Å². The predicted molar refractivity (Wildman–Crippen MR) is 161 cm³/mol. The Morgan fingerprint density at radius 1 is 1.12 bits per heavy atom. The summed E-state index contributed by atoms with van der Waals surface area (Å²) in [6.07, 6.45) is 1.92. The zero-order chi connectivity index (χ0) is 28.7. The fourth-order valence-corrected chi connectivity index (χ4v) is 6.79. The van der Waals surface area contributed by atoms with Gasteiger partial charge in [-0.3, -0.25) is 9.36 Å². The number of halogens is 1. The minimum atomic E-state index is -0.695. The molecule has 1 aliphatic rings. The fraction of sp³-hybridized carbons (Fsp3) is 0.258. The van der Waals surface area contributed by atoms with Crippen molar-refractivity contribution in [2.75, 3.05) is 13.7 Å². The predicted octanol–water partition coefficient (Wildman–Crippen LogP) is 5.29. The maximum Gasteiger partial charge on any atom is 0.338 e. The van der Waals surface area contributed by atoms with E-state index in [9.17, 15) is 9.59 Å². The molecule has 2 aromatic carbocycles. The Bertz CT molecular complexity index is 1860. The zero-order valence-corrected chi connectivity index (χ0v) is 25.6. The molecule has 0 fully saturated rings. The lowest BCUT2D eigenvalue weighted by molar-refractivity contribution is -0.139. The van der Waals surface area contributed by atoms with Crippen molar-refractivity contribution in [3.05, 3.63) is 112 Å². The quantitative estimate of drug-likeness (QED) is 0.275. The van der Waals surface area contributed by atoms with Gasteiger partial charge in [0, 0.05) is 17.1 Å². The number of aryl methyl sites for hydroxylation is 2. The molecular weight excluding hydrogens is 590 g/mol. The standard InChI is InChI=1S/C31H30BrN3O4S/c1-7-39-30(37)27-19(4)33-31-35(28(27)21-11-12-25(38-6)24(32)15-21)29(36)26(40-31)16-22-14-18(3)34(20(22)5)23-10-8-9-17(2)13-23/h8-16,28H,7H2,1-6H3/b26-16+/t28-/m1/s1. The number of esters is 1. The minimum absolute atomic E-state index is 0.213. The van der Waals surface area contributed by atoms with Crippen molar-refractivity contribution < 1.29 is 14.3 Å². The molecule has 4 aromatic rings. The number of allylic oxidation sites excluding steroid dienone is 1. The molecule has 5 rings (SSSR count). The second kappa shape index (κ2) is 11.1. The number of fused-ring (bicyclic) bond motifs is 1. The summed E-state index contributed by atoms with van der Waals surface area (Å²) in [5.41, 5.74) is 6.72. The van der Waals surface area contributed by atoms with E-state index in [0.717, 1.165) is 32.7 Å². The van der Waals surface area contributed by atoms with Crippen LogP contribution >= 0.6 is 27.3 Å². The van der Waals surface area contributed by atoms with Crippen LogP contribution in [0.4, 0.5) is 0 Å². The van der Waals surface area contributed by atoms with E-state index in [1.165, 1.54) is 16.9 Å². The first-order valence-electron chi connectivity index (χ1n) is 12.9. The van der Waals surface area contributed by atoms with Crippen LogP contribution < -0.4 is 19.6 Å². The Kier molecular flexibility index (Phi) is 7.70. The molecule has 0 radical (unpaired) electrons. The van der Waals surface area contributed by atoms with Crippen LogP contribution in [0.5, 0.6) is 5.75 Å². The summed E-state index contributed by atoms with van der Waals surface area (Å²) in [6, 6.07) is 15.3. The lowest BCUT2D eigenvalue weighted by Gasteiger charge is -2.25. The Labute approximate surface area is 244 Å². The van der Waals surface area contributed by atoms with Crippen molar-refractivity contribution in [3.8, 4) is 11.4 Å². The van der Waals surface area contributed by atoms with E-state index >= 15 is 0 Å². The van der Waals surface area contributed by atoms with Gasteiger partial charge in [-0.05, 0) is 104 Å². The second-order valence-electron chi connectivity index (χ2n) is 9.70. The van der Waals surface area contributed by atoms with Gasteiger partial charge in [-0.25, -0.2) is 9.79 Å². The summed E-state index contributed by atoms with van der Waals surface area (Å²) >= 11 is 4.87. The topological polar surface area (TPSA) is 74.8 Å². The summed E-state index contributed by atoms with van der Waals surface area (Å²) in [5.74, 6) is 0.162. The van der Waals surface area contributed by atoms with Crippen molar-refractivity contribution >= 4 is 39.3 Å². The van der Waals surface area contributed by atoms with Crippen molar-refractivity contribution in [1.29, 1.82) is 0 Å². The highest BCUT2D eigenvalue weighted by atomic mass is 79.9. The highest BCUT2D eigenvalue weighted by Crippen LogP contribution is 2.35. The average molecular weight is 621 g/mol. The summed E-state index contributed by atoms with van der Waals surface area (Å²) in [7, 11) is 1.59. The summed E-state index contributed by atoms with van der Waals surface area (Å²) in [4.78, 5) is 32.4. The van der Waals surface area contributed by atoms with Gasteiger partial charge < -0.3 is 14.0 Å². The molecule has 0 N–H and O–H groups in total. The molecule has 0 saturated heterocycles. The zero-order valence-electron chi connectivity index (χ0n) is 23.2. The second-order valence-corrected chi connectivity index (χ2v) is 11.6. The van der Waals surface area contributed by atoms with Crippen molar-refractivity contribution in [1.82, 2.24) is 9.13 Å². The molecule has 0 amide bonds.